The van der Waals surface area contributed by atoms with Crippen molar-refractivity contribution in [2.45, 2.75) is 11.8 Å². The molecule has 100 valence electrons. The summed E-state index contributed by atoms with van der Waals surface area (Å²) in [6.07, 6.45) is 0. The standard InChI is InChI=1S/C10H12F2N2O2S2/c1-6(10(13)17)5-14-18(15,16)9-3-2-7(11)4-8(9)12/h2-4,6,14H,5H2,1H3,(H2,13,17). The van der Waals surface area contributed by atoms with Crippen LogP contribution >= 0.6 is 12.2 Å². The van der Waals surface area contributed by atoms with Crippen molar-refractivity contribution in [1.29, 1.82) is 0 Å². The van der Waals surface area contributed by atoms with E-state index in [1.165, 1.54) is 0 Å². The van der Waals surface area contributed by atoms with Crippen LogP contribution in [-0.2, 0) is 10.0 Å². The van der Waals surface area contributed by atoms with E-state index in [4.69, 9.17) is 5.73 Å². The molecule has 1 rings (SSSR count). The van der Waals surface area contributed by atoms with E-state index < -0.39 is 26.6 Å². The zero-order valence-corrected chi connectivity index (χ0v) is 11.1. The maximum atomic E-state index is 13.3. The molecule has 1 atom stereocenters. The summed E-state index contributed by atoms with van der Waals surface area (Å²) in [6.45, 7) is 1.58. The van der Waals surface area contributed by atoms with E-state index in [-0.39, 0.29) is 17.5 Å². The third kappa shape index (κ3) is 3.69. The lowest BCUT2D eigenvalue weighted by Crippen LogP contribution is -2.34. The highest BCUT2D eigenvalue weighted by Crippen LogP contribution is 2.15. The molecule has 0 aliphatic heterocycles. The molecule has 0 aromatic heterocycles. The molecule has 1 unspecified atom stereocenters. The van der Waals surface area contributed by atoms with Crippen LogP contribution in [0.1, 0.15) is 6.92 Å². The highest BCUT2D eigenvalue weighted by Gasteiger charge is 2.20. The number of hydrogen-bond donors (Lipinski definition) is 2. The first kappa shape index (κ1) is 14.9. The number of thiocarbonyl (C=S) groups is 1. The van der Waals surface area contributed by atoms with Crippen molar-refractivity contribution >= 4 is 27.2 Å². The lowest BCUT2D eigenvalue weighted by molar-refractivity contribution is 0.540. The van der Waals surface area contributed by atoms with Gasteiger partial charge in [-0.05, 0) is 12.1 Å². The Morgan fingerprint density at radius 2 is 2.11 bits per heavy atom. The maximum Gasteiger partial charge on any atom is 0.243 e. The zero-order chi connectivity index (χ0) is 13.9. The highest BCUT2D eigenvalue weighted by molar-refractivity contribution is 7.89. The molecule has 0 saturated heterocycles. The summed E-state index contributed by atoms with van der Waals surface area (Å²) in [5, 5.41) is 0. The Hall–Kier alpha value is -1.12. The van der Waals surface area contributed by atoms with Gasteiger partial charge >= 0.3 is 0 Å². The smallest absolute Gasteiger partial charge is 0.243 e. The first-order valence-corrected chi connectivity index (χ1v) is 6.87. The number of hydrogen-bond acceptors (Lipinski definition) is 3. The summed E-state index contributed by atoms with van der Waals surface area (Å²) in [5.41, 5.74) is 5.33. The molecule has 0 fully saturated rings. The van der Waals surface area contributed by atoms with E-state index in [0.29, 0.717) is 6.07 Å². The fraction of sp³-hybridized carbons (Fsp3) is 0.300. The summed E-state index contributed by atoms with van der Waals surface area (Å²) >= 11 is 4.69. The minimum absolute atomic E-state index is 0.0471. The Kier molecular flexibility index (Phi) is 4.71. The van der Waals surface area contributed by atoms with Crippen LogP contribution in [0.2, 0.25) is 0 Å². The molecule has 0 spiro atoms. The highest BCUT2D eigenvalue weighted by atomic mass is 32.2. The number of benzene rings is 1. The van der Waals surface area contributed by atoms with Crippen LogP contribution in [0, 0.1) is 17.6 Å². The normalized spacial score (nSPS) is 13.3. The van der Waals surface area contributed by atoms with Gasteiger partial charge in [0.05, 0.1) is 4.99 Å². The third-order valence-corrected chi connectivity index (χ3v) is 4.11. The molecule has 8 heteroatoms. The first-order valence-electron chi connectivity index (χ1n) is 4.98. The molecule has 18 heavy (non-hydrogen) atoms. The lowest BCUT2D eigenvalue weighted by Gasteiger charge is -2.11. The predicted molar refractivity (Wildman–Crippen MR) is 67.5 cm³/mol. The van der Waals surface area contributed by atoms with Gasteiger partial charge in [0.15, 0.2) is 0 Å². The molecule has 0 amide bonds. The van der Waals surface area contributed by atoms with Gasteiger partial charge in [0.1, 0.15) is 16.5 Å². The third-order valence-electron chi connectivity index (χ3n) is 2.25. The van der Waals surface area contributed by atoms with Gasteiger partial charge in [-0.3, -0.25) is 0 Å². The predicted octanol–water partition coefficient (Wildman–Crippen LogP) is 1.17. The summed E-state index contributed by atoms with van der Waals surface area (Å²) in [5.74, 6) is -2.35. The zero-order valence-electron chi connectivity index (χ0n) is 9.48. The van der Waals surface area contributed by atoms with E-state index in [1.807, 2.05) is 0 Å². The van der Waals surface area contributed by atoms with Crippen LogP contribution in [0.15, 0.2) is 23.1 Å². The number of rotatable bonds is 5. The van der Waals surface area contributed by atoms with E-state index in [0.717, 1.165) is 12.1 Å². The van der Waals surface area contributed by atoms with Gasteiger partial charge in [-0.15, -0.1) is 0 Å². The Bertz CT molecular complexity index is 561. The van der Waals surface area contributed by atoms with E-state index in [2.05, 4.69) is 16.9 Å². The van der Waals surface area contributed by atoms with Crippen molar-refractivity contribution in [2.75, 3.05) is 6.54 Å². The largest absolute Gasteiger partial charge is 0.393 e. The molecule has 0 aliphatic carbocycles. The summed E-state index contributed by atoms with van der Waals surface area (Å²) < 4.78 is 51.6. The summed E-state index contributed by atoms with van der Waals surface area (Å²) in [6, 6.07) is 2.23. The van der Waals surface area contributed by atoms with Crippen molar-refractivity contribution in [3.63, 3.8) is 0 Å². The SMILES string of the molecule is CC(CNS(=O)(=O)c1ccc(F)cc1F)C(N)=S. The van der Waals surface area contributed by atoms with Crippen LogP contribution in [0.25, 0.3) is 0 Å². The number of sulfonamides is 1. The van der Waals surface area contributed by atoms with Crippen molar-refractivity contribution < 1.29 is 17.2 Å². The van der Waals surface area contributed by atoms with Crippen molar-refractivity contribution in [3.8, 4) is 0 Å². The van der Waals surface area contributed by atoms with E-state index in [9.17, 15) is 17.2 Å². The molecule has 0 saturated carbocycles. The average molecular weight is 294 g/mol. The molecule has 0 bridgehead atoms. The lowest BCUT2D eigenvalue weighted by atomic mass is 10.2. The molecule has 4 nitrogen and oxygen atoms in total. The fourth-order valence-electron chi connectivity index (χ4n) is 1.11. The van der Waals surface area contributed by atoms with Gasteiger partial charge in [-0.2, -0.15) is 0 Å². The number of nitrogens with two attached hydrogens (primary N) is 1. The molecule has 3 N–H and O–H groups in total. The fourth-order valence-corrected chi connectivity index (χ4v) is 2.38. The molecule has 0 aliphatic rings. The van der Waals surface area contributed by atoms with E-state index in [1.54, 1.807) is 6.92 Å². The number of halogens is 2. The second-order valence-electron chi connectivity index (χ2n) is 3.73. The van der Waals surface area contributed by atoms with Crippen LogP contribution in [-0.4, -0.2) is 20.0 Å². The molecule has 0 radical (unpaired) electrons. The average Bonchev–Trinajstić information content (AvgIpc) is 2.25. The van der Waals surface area contributed by atoms with Crippen LogP contribution in [0.4, 0.5) is 8.78 Å². The van der Waals surface area contributed by atoms with Gasteiger partial charge in [-0.25, -0.2) is 21.9 Å². The molecular weight excluding hydrogens is 282 g/mol. The van der Waals surface area contributed by atoms with Gasteiger partial charge in [0, 0.05) is 18.5 Å². The maximum absolute atomic E-state index is 13.3. The molecular formula is C10H12F2N2O2S2. The van der Waals surface area contributed by atoms with E-state index >= 15 is 0 Å². The quantitative estimate of drug-likeness (QED) is 0.800. The van der Waals surface area contributed by atoms with Gasteiger partial charge in [0.2, 0.25) is 10.0 Å². The molecule has 1 aromatic rings. The van der Waals surface area contributed by atoms with Crippen LogP contribution in [0.5, 0.6) is 0 Å². The van der Waals surface area contributed by atoms with Crippen LogP contribution < -0.4 is 10.5 Å². The van der Waals surface area contributed by atoms with Crippen LogP contribution in [0.3, 0.4) is 0 Å². The molecule has 0 heterocycles. The Morgan fingerprint density at radius 1 is 1.50 bits per heavy atom. The minimum atomic E-state index is -4.04. The Morgan fingerprint density at radius 3 is 2.61 bits per heavy atom. The Labute approximate surface area is 109 Å². The van der Waals surface area contributed by atoms with Gasteiger partial charge in [-0.1, -0.05) is 19.1 Å². The molecule has 1 aromatic carbocycles. The Balaban J connectivity index is 2.90. The minimum Gasteiger partial charge on any atom is -0.393 e. The topological polar surface area (TPSA) is 72.2 Å². The summed E-state index contributed by atoms with van der Waals surface area (Å²) in [7, 11) is -4.04. The van der Waals surface area contributed by atoms with Gasteiger partial charge < -0.3 is 5.73 Å². The first-order chi connectivity index (χ1) is 8.24. The van der Waals surface area contributed by atoms with Crippen molar-refractivity contribution in [1.82, 2.24) is 4.72 Å². The number of nitrogens with one attached hydrogen (secondary N) is 1. The van der Waals surface area contributed by atoms with Crippen molar-refractivity contribution in [2.24, 2.45) is 11.7 Å². The summed E-state index contributed by atoms with van der Waals surface area (Å²) in [4.78, 5) is -0.462. The monoisotopic (exact) mass is 294 g/mol. The second kappa shape index (κ2) is 5.68. The second-order valence-corrected chi connectivity index (χ2v) is 5.94. The van der Waals surface area contributed by atoms with Gasteiger partial charge in [0.25, 0.3) is 0 Å². The van der Waals surface area contributed by atoms with Crippen molar-refractivity contribution in [3.05, 3.63) is 29.8 Å².